The van der Waals surface area contributed by atoms with Gasteiger partial charge in [-0.25, -0.2) is 0 Å². The maximum Gasteiger partial charge on any atom is 0.397 e. The maximum atomic E-state index is 13.0. The van der Waals surface area contributed by atoms with Gasteiger partial charge in [-0.1, -0.05) is 57.8 Å². The van der Waals surface area contributed by atoms with Gasteiger partial charge in [0.05, 0.1) is 6.10 Å². The molecule has 0 aliphatic heterocycles. The van der Waals surface area contributed by atoms with Crippen molar-refractivity contribution in [2.24, 2.45) is 0 Å². The molecular formula is C14H23F2O3-. The molecule has 0 aromatic rings. The lowest BCUT2D eigenvalue weighted by atomic mass is 9.99. The molecule has 1 aliphatic rings. The Kier molecular flexibility index (Phi) is 7.28. The van der Waals surface area contributed by atoms with Crippen molar-refractivity contribution >= 4 is 5.97 Å². The SMILES string of the molecule is O=C([O-])C(F)(F)OC1CCCCCCCCCCC1. The van der Waals surface area contributed by atoms with Gasteiger partial charge in [-0.05, 0) is 12.8 Å². The summed E-state index contributed by atoms with van der Waals surface area (Å²) in [6.45, 7) is 0. The van der Waals surface area contributed by atoms with Gasteiger partial charge in [0.1, 0.15) is 5.97 Å². The summed E-state index contributed by atoms with van der Waals surface area (Å²) in [5, 5.41) is 10.3. The standard InChI is InChI=1S/C14H24F2O3/c15-14(16,13(17)18)19-12-10-8-6-4-2-1-3-5-7-9-11-12/h12H,1-11H2,(H,17,18)/p-1. The summed E-state index contributed by atoms with van der Waals surface area (Å²) in [5.74, 6) is -2.45. The maximum absolute atomic E-state index is 13.0. The summed E-state index contributed by atoms with van der Waals surface area (Å²) < 4.78 is 30.5. The molecule has 0 aromatic carbocycles. The minimum Gasteiger partial charge on any atom is -0.542 e. The van der Waals surface area contributed by atoms with Crippen molar-refractivity contribution in [1.29, 1.82) is 0 Å². The number of rotatable bonds is 3. The fourth-order valence-electron chi connectivity index (χ4n) is 2.50. The van der Waals surface area contributed by atoms with Crippen LogP contribution in [0.3, 0.4) is 0 Å². The average Bonchev–Trinajstić information content (AvgIpc) is 2.32. The molecule has 0 heterocycles. The van der Waals surface area contributed by atoms with Crippen LogP contribution in [0.4, 0.5) is 8.78 Å². The van der Waals surface area contributed by atoms with Crippen LogP contribution in [0.15, 0.2) is 0 Å². The molecule has 0 N–H and O–H groups in total. The summed E-state index contributed by atoms with van der Waals surface area (Å²) in [7, 11) is 0. The number of carboxylic acids is 1. The Morgan fingerprint density at radius 3 is 1.63 bits per heavy atom. The van der Waals surface area contributed by atoms with E-state index in [-0.39, 0.29) is 0 Å². The predicted molar refractivity (Wildman–Crippen MR) is 65.6 cm³/mol. The molecule has 0 spiro atoms. The van der Waals surface area contributed by atoms with E-state index in [2.05, 4.69) is 4.74 Å². The first-order valence-corrected chi connectivity index (χ1v) is 7.29. The first kappa shape index (κ1) is 16.3. The van der Waals surface area contributed by atoms with Crippen molar-refractivity contribution in [3.8, 4) is 0 Å². The number of carbonyl (C=O) groups is 1. The highest BCUT2D eigenvalue weighted by Gasteiger charge is 2.35. The summed E-state index contributed by atoms with van der Waals surface area (Å²) in [6, 6.07) is 0. The predicted octanol–water partition coefficient (Wildman–Crippen LogP) is 3.02. The van der Waals surface area contributed by atoms with Crippen LogP contribution in [0, 0.1) is 0 Å². The zero-order chi connectivity index (χ0) is 14.1. The lowest BCUT2D eigenvalue weighted by Gasteiger charge is -2.25. The van der Waals surface area contributed by atoms with Gasteiger partial charge >= 0.3 is 6.11 Å². The number of carboxylic acid groups (broad SMARTS) is 1. The lowest BCUT2D eigenvalue weighted by Crippen LogP contribution is -2.45. The third-order valence-electron chi connectivity index (χ3n) is 3.60. The van der Waals surface area contributed by atoms with Crippen molar-refractivity contribution in [3.63, 3.8) is 0 Å². The summed E-state index contributed by atoms with van der Waals surface area (Å²) in [4.78, 5) is 10.3. The first-order valence-electron chi connectivity index (χ1n) is 7.29. The van der Waals surface area contributed by atoms with Crippen molar-refractivity contribution in [1.82, 2.24) is 0 Å². The number of alkyl halides is 2. The quantitative estimate of drug-likeness (QED) is 0.796. The van der Waals surface area contributed by atoms with Crippen molar-refractivity contribution in [2.45, 2.75) is 82.8 Å². The van der Waals surface area contributed by atoms with Crippen molar-refractivity contribution in [2.75, 3.05) is 0 Å². The van der Waals surface area contributed by atoms with E-state index in [1.807, 2.05) is 0 Å². The molecule has 3 nitrogen and oxygen atoms in total. The second kappa shape index (κ2) is 8.46. The van der Waals surface area contributed by atoms with Crippen LogP contribution in [-0.4, -0.2) is 18.2 Å². The highest BCUT2D eigenvalue weighted by molar-refractivity contribution is 5.71. The molecule has 0 radical (unpaired) electrons. The second-order valence-corrected chi connectivity index (χ2v) is 5.30. The van der Waals surface area contributed by atoms with E-state index in [9.17, 15) is 18.7 Å². The number of carbonyl (C=O) groups excluding carboxylic acids is 1. The Bertz CT molecular complexity index is 257. The molecule has 0 bridgehead atoms. The van der Waals surface area contributed by atoms with Crippen molar-refractivity contribution < 1.29 is 23.4 Å². The number of hydrogen-bond donors (Lipinski definition) is 0. The molecule has 1 saturated carbocycles. The number of aliphatic carboxylic acids is 1. The molecule has 1 aliphatic carbocycles. The van der Waals surface area contributed by atoms with Crippen LogP contribution in [-0.2, 0) is 9.53 Å². The van der Waals surface area contributed by atoms with Gasteiger partial charge in [0.25, 0.3) is 0 Å². The van der Waals surface area contributed by atoms with Gasteiger partial charge in [-0.3, -0.25) is 0 Å². The minimum atomic E-state index is -4.16. The highest BCUT2D eigenvalue weighted by atomic mass is 19.3. The van der Waals surface area contributed by atoms with Crippen LogP contribution in [0.1, 0.15) is 70.6 Å². The molecule has 0 atom stereocenters. The molecule has 0 aromatic heterocycles. The van der Waals surface area contributed by atoms with Crippen LogP contribution in [0.25, 0.3) is 0 Å². The molecule has 112 valence electrons. The fourth-order valence-corrected chi connectivity index (χ4v) is 2.50. The minimum absolute atomic E-state index is 0.503. The molecule has 0 amide bonds. The van der Waals surface area contributed by atoms with E-state index in [0.717, 1.165) is 38.5 Å². The van der Waals surface area contributed by atoms with Gasteiger partial charge in [0.15, 0.2) is 0 Å². The van der Waals surface area contributed by atoms with Crippen LogP contribution < -0.4 is 5.11 Å². The smallest absolute Gasteiger partial charge is 0.397 e. The van der Waals surface area contributed by atoms with Gasteiger partial charge < -0.3 is 14.6 Å². The first-order chi connectivity index (χ1) is 9.02. The van der Waals surface area contributed by atoms with Gasteiger partial charge in [0.2, 0.25) is 0 Å². The largest absolute Gasteiger partial charge is 0.542 e. The molecule has 19 heavy (non-hydrogen) atoms. The third-order valence-corrected chi connectivity index (χ3v) is 3.60. The van der Waals surface area contributed by atoms with E-state index in [1.54, 1.807) is 0 Å². The number of halogens is 2. The molecule has 5 heteroatoms. The molecule has 0 saturated heterocycles. The van der Waals surface area contributed by atoms with E-state index < -0.39 is 18.2 Å². The molecular weight excluding hydrogens is 254 g/mol. The van der Waals surface area contributed by atoms with E-state index in [0.29, 0.717) is 12.8 Å². The van der Waals surface area contributed by atoms with Gasteiger partial charge in [-0.2, -0.15) is 8.78 Å². The average molecular weight is 277 g/mol. The monoisotopic (exact) mass is 277 g/mol. The van der Waals surface area contributed by atoms with E-state index >= 15 is 0 Å². The fraction of sp³-hybridized carbons (Fsp3) is 0.929. The Morgan fingerprint density at radius 2 is 1.26 bits per heavy atom. The van der Waals surface area contributed by atoms with E-state index in [1.165, 1.54) is 19.3 Å². The van der Waals surface area contributed by atoms with Gasteiger partial charge in [-0.15, -0.1) is 0 Å². The van der Waals surface area contributed by atoms with E-state index in [4.69, 9.17) is 0 Å². The highest BCUT2D eigenvalue weighted by Crippen LogP contribution is 2.24. The number of ether oxygens (including phenoxy) is 1. The van der Waals surface area contributed by atoms with Crippen LogP contribution in [0.5, 0.6) is 0 Å². The Hall–Kier alpha value is -0.710. The normalized spacial score (nSPS) is 21.4. The summed E-state index contributed by atoms with van der Waals surface area (Å²) in [5.41, 5.74) is 0. The second-order valence-electron chi connectivity index (χ2n) is 5.30. The van der Waals surface area contributed by atoms with Crippen LogP contribution in [0.2, 0.25) is 0 Å². The topological polar surface area (TPSA) is 49.4 Å². The zero-order valence-corrected chi connectivity index (χ0v) is 11.3. The lowest BCUT2D eigenvalue weighted by molar-refractivity contribution is -0.368. The third kappa shape index (κ3) is 6.85. The zero-order valence-electron chi connectivity index (χ0n) is 11.3. The summed E-state index contributed by atoms with van der Waals surface area (Å²) >= 11 is 0. The Morgan fingerprint density at radius 1 is 0.895 bits per heavy atom. The Balaban J connectivity index is 2.44. The summed E-state index contributed by atoms with van der Waals surface area (Å²) in [6.07, 6.45) is 5.66. The Labute approximate surface area is 113 Å². The molecule has 1 rings (SSSR count). The molecule has 0 unspecified atom stereocenters. The van der Waals surface area contributed by atoms with Crippen molar-refractivity contribution in [3.05, 3.63) is 0 Å². The number of hydrogen-bond acceptors (Lipinski definition) is 3. The van der Waals surface area contributed by atoms with Gasteiger partial charge in [0, 0.05) is 0 Å². The van der Waals surface area contributed by atoms with Crippen LogP contribution >= 0.6 is 0 Å². The molecule has 1 fully saturated rings.